The lowest BCUT2D eigenvalue weighted by molar-refractivity contribution is 0.463. The summed E-state index contributed by atoms with van der Waals surface area (Å²) in [7, 11) is 1.93. The molecule has 0 atom stereocenters. The van der Waals surface area contributed by atoms with E-state index < -0.39 is 0 Å². The average Bonchev–Trinajstić information content (AvgIpc) is 2.55. The fourth-order valence-corrected chi connectivity index (χ4v) is 1.63. The normalized spacial score (nSPS) is 10.5. The third kappa shape index (κ3) is 2.81. The second-order valence-corrected chi connectivity index (χ2v) is 4.09. The summed E-state index contributed by atoms with van der Waals surface area (Å²) < 4.78 is 0. The number of hydrogen-bond donors (Lipinski definition) is 1. The summed E-state index contributed by atoms with van der Waals surface area (Å²) in [5.74, 6) is 0.941. The highest BCUT2D eigenvalue weighted by molar-refractivity contribution is 7.07. The predicted molar refractivity (Wildman–Crippen MR) is 56.1 cm³/mol. The largest absolute Gasteiger partial charge is 0.357 e. The first-order valence-corrected chi connectivity index (χ1v) is 5.22. The molecule has 3 nitrogen and oxygen atoms in total. The van der Waals surface area contributed by atoms with E-state index in [-0.39, 0.29) is 5.92 Å². The van der Waals surface area contributed by atoms with Crippen LogP contribution in [0.5, 0.6) is 0 Å². The smallest absolute Gasteiger partial charge is 0.0984 e. The van der Waals surface area contributed by atoms with Crippen LogP contribution in [0.15, 0.2) is 10.9 Å². The van der Waals surface area contributed by atoms with Gasteiger partial charge in [-0.25, -0.2) is 4.98 Å². The SMILES string of the molecule is CC(C)C(=N)N(C)Cc1cscn1. The van der Waals surface area contributed by atoms with Gasteiger partial charge in [0.25, 0.3) is 0 Å². The summed E-state index contributed by atoms with van der Waals surface area (Å²) in [6.45, 7) is 4.79. The van der Waals surface area contributed by atoms with E-state index >= 15 is 0 Å². The average molecular weight is 197 g/mol. The molecule has 0 unspecified atom stereocenters. The second kappa shape index (κ2) is 4.37. The molecule has 0 aliphatic heterocycles. The maximum atomic E-state index is 7.75. The van der Waals surface area contributed by atoms with E-state index in [1.54, 1.807) is 11.3 Å². The van der Waals surface area contributed by atoms with Crippen molar-refractivity contribution in [2.24, 2.45) is 5.92 Å². The van der Waals surface area contributed by atoms with Crippen LogP contribution in [0.25, 0.3) is 0 Å². The van der Waals surface area contributed by atoms with Gasteiger partial charge in [-0.1, -0.05) is 13.8 Å². The second-order valence-electron chi connectivity index (χ2n) is 3.38. The van der Waals surface area contributed by atoms with Crippen molar-refractivity contribution < 1.29 is 0 Å². The highest BCUT2D eigenvalue weighted by Crippen LogP contribution is 2.07. The van der Waals surface area contributed by atoms with Gasteiger partial charge in [0, 0.05) is 18.3 Å². The molecular weight excluding hydrogens is 182 g/mol. The number of nitrogens with one attached hydrogen (secondary N) is 1. The molecule has 0 aromatic carbocycles. The maximum absolute atomic E-state index is 7.75. The van der Waals surface area contributed by atoms with Crippen molar-refractivity contribution in [3.05, 3.63) is 16.6 Å². The van der Waals surface area contributed by atoms with Gasteiger partial charge in [0.2, 0.25) is 0 Å². The lowest BCUT2D eigenvalue weighted by atomic mass is 10.2. The molecule has 0 aliphatic carbocycles. The van der Waals surface area contributed by atoms with Gasteiger partial charge in [-0.2, -0.15) is 0 Å². The molecule has 1 N–H and O–H groups in total. The van der Waals surface area contributed by atoms with Gasteiger partial charge < -0.3 is 4.90 Å². The Morgan fingerprint density at radius 2 is 2.38 bits per heavy atom. The molecular formula is C9H15N3S. The van der Waals surface area contributed by atoms with E-state index in [1.165, 1.54) is 0 Å². The molecule has 1 rings (SSSR count). The minimum absolute atomic E-state index is 0.281. The van der Waals surface area contributed by atoms with Crippen molar-refractivity contribution >= 4 is 17.2 Å². The molecule has 0 spiro atoms. The van der Waals surface area contributed by atoms with Crippen LogP contribution < -0.4 is 0 Å². The Labute approximate surface area is 82.9 Å². The molecule has 4 heteroatoms. The molecule has 1 heterocycles. The van der Waals surface area contributed by atoms with Gasteiger partial charge in [-0.3, -0.25) is 5.41 Å². The number of thiazole rings is 1. The minimum atomic E-state index is 0.281. The lowest BCUT2D eigenvalue weighted by Gasteiger charge is -2.21. The van der Waals surface area contributed by atoms with Gasteiger partial charge in [0.1, 0.15) is 0 Å². The third-order valence-electron chi connectivity index (χ3n) is 1.84. The Morgan fingerprint density at radius 1 is 1.69 bits per heavy atom. The zero-order chi connectivity index (χ0) is 9.84. The molecule has 1 aromatic rings. The van der Waals surface area contributed by atoms with Crippen LogP contribution in [0.1, 0.15) is 19.5 Å². The zero-order valence-corrected chi connectivity index (χ0v) is 9.06. The first-order valence-electron chi connectivity index (χ1n) is 4.28. The van der Waals surface area contributed by atoms with Crippen LogP contribution in [0.3, 0.4) is 0 Å². The van der Waals surface area contributed by atoms with Crippen molar-refractivity contribution in [3.8, 4) is 0 Å². The molecule has 0 fully saturated rings. The number of amidine groups is 1. The van der Waals surface area contributed by atoms with Crippen molar-refractivity contribution in [2.45, 2.75) is 20.4 Å². The van der Waals surface area contributed by atoms with Crippen LogP contribution in [0, 0.1) is 11.3 Å². The van der Waals surface area contributed by atoms with E-state index in [9.17, 15) is 0 Å². The highest BCUT2D eigenvalue weighted by Gasteiger charge is 2.09. The van der Waals surface area contributed by atoms with Crippen molar-refractivity contribution in [1.82, 2.24) is 9.88 Å². The predicted octanol–water partition coefficient (Wildman–Crippen LogP) is 2.21. The van der Waals surface area contributed by atoms with Gasteiger partial charge in [0.15, 0.2) is 0 Å². The Kier molecular flexibility index (Phi) is 3.42. The minimum Gasteiger partial charge on any atom is -0.357 e. The van der Waals surface area contributed by atoms with Crippen molar-refractivity contribution in [1.29, 1.82) is 5.41 Å². The Balaban J connectivity index is 2.51. The monoisotopic (exact) mass is 197 g/mol. The summed E-state index contributed by atoms with van der Waals surface area (Å²) in [5, 5.41) is 9.77. The number of nitrogens with zero attached hydrogens (tertiary/aromatic N) is 2. The molecule has 13 heavy (non-hydrogen) atoms. The summed E-state index contributed by atoms with van der Waals surface area (Å²) in [5.41, 5.74) is 2.86. The lowest BCUT2D eigenvalue weighted by Crippen LogP contribution is -2.29. The fourth-order valence-electron chi connectivity index (χ4n) is 1.08. The molecule has 72 valence electrons. The van der Waals surface area contributed by atoms with E-state index in [4.69, 9.17) is 5.41 Å². The van der Waals surface area contributed by atoms with Crippen LogP contribution in [0.4, 0.5) is 0 Å². The number of aromatic nitrogens is 1. The number of hydrogen-bond acceptors (Lipinski definition) is 3. The summed E-state index contributed by atoms with van der Waals surface area (Å²) >= 11 is 1.59. The summed E-state index contributed by atoms with van der Waals surface area (Å²) in [6.07, 6.45) is 0. The summed E-state index contributed by atoms with van der Waals surface area (Å²) in [6, 6.07) is 0. The van der Waals surface area contributed by atoms with Crippen LogP contribution in [-0.2, 0) is 6.54 Å². The summed E-state index contributed by atoms with van der Waals surface area (Å²) in [4.78, 5) is 6.11. The van der Waals surface area contributed by atoms with Gasteiger partial charge >= 0.3 is 0 Å². The molecule has 0 aliphatic rings. The van der Waals surface area contributed by atoms with Gasteiger partial charge in [-0.05, 0) is 0 Å². The number of rotatable bonds is 3. The molecule has 0 saturated heterocycles. The van der Waals surface area contributed by atoms with Crippen molar-refractivity contribution in [2.75, 3.05) is 7.05 Å². The van der Waals surface area contributed by atoms with Gasteiger partial charge in [-0.15, -0.1) is 11.3 Å². The highest BCUT2D eigenvalue weighted by atomic mass is 32.1. The quantitative estimate of drug-likeness (QED) is 0.596. The molecule has 0 radical (unpaired) electrons. The van der Waals surface area contributed by atoms with Crippen molar-refractivity contribution in [3.63, 3.8) is 0 Å². The van der Waals surface area contributed by atoms with E-state index in [0.717, 1.165) is 12.2 Å². The molecule has 0 amide bonds. The van der Waals surface area contributed by atoms with Crippen LogP contribution >= 0.6 is 11.3 Å². The van der Waals surface area contributed by atoms with Crippen LogP contribution in [-0.4, -0.2) is 22.8 Å². The Bertz CT molecular complexity index is 266. The van der Waals surface area contributed by atoms with Crippen LogP contribution in [0.2, 0.25) is 0 Å². The first-order chi connectivity index (χ1) is 6.11. The van der Waals surface area contributed by atoms with Gasteiger partial charge in [0.05, 0.1) is 23.6 Å². The first kappa shape index (κ1) is 10.2. The third-order valence-corrected chi connectivity index (χ3v) is 2.48. The maximum Gasteiger partial charge on any atom is 0.0984 e. The Morgan fingerprint density at radius 3 is 2.85 bits per heavy atom. The molecule has 0 bridgehead atoms. The molecule has 0 saturated carbocycles. The topological polar surface area (TPSA) is 40.0 Å². The zero-order valence-electron chi connectivity index (χ0n) is 8.24. The fraction of sp³-hybridized carbons (Fsp3) is 0.556. The molecule has 1 aromatic heterocycles. The van der Waals surface area contributed by atoms with E-state index in [1.807, 2.05) is 36.7 Å². The van der Waals surface area contributed by atoms with E-state index in [0.29, 0.717) is 5.84 Å². The van der Waals surface area contributed by atoms with E-state index in [2.05, 4.69) is 4.98 Å². The Hall–Kier alpha value is -0.900. The standard InChI is InChI=1S/C9H15N3S/c1-7(2)9(10)12(3)4-8-5-13-6-11-8/h5-7,10H,4H2,1-3H3.